The number of carboxylic acid groups (broad SMARTS) is 1. The molecule has 0 bridgehead atoms. The number of benzene rings is 1. The summed E-state index contributed by atoms with van der Waals surface area (Å²) in [5.41, 5.74) is 6.07. The van der Waals surface area contributed by atoms with Crippen LogP contribution < -0.4 is 11.1 Å². The van der Waals surface area contributed by atoms with E-state index in [0.29, 0.717) is 17.6 Å². The minimum Gasteiger partial charge on any atom is -0.481 e. The third kappa shape index (κ3) is 8.15. The van der Waals surface area contributed by atoms with Gasteiger partial charge in [0, 0.05) is 36.2 Å². The second-order valence-corrected chi connectivity index (χ2v) is 9.96. The Labute approximate surface area is 219 Å². The van der Waals surface area contributed by atoms with E-state index >= 15 is 0 Å². The van der Waals surface area contributed by atoms with Gasteiger partial charge in [-0.2, -0.15) is 8.78 Å². The molecule has 12 heteroatoms. The molecule has 38 heavy (non-hydrogen) atoms. The maximum Gasteiger partial charge on any atom is 0.345 e. The number of carboxylic acids is 1. The number of fused-ring (bicyclic) bond motifs is 1. The molecule has 2 atom stereocenters. The summed E-state index contributed by atoms with van der Waals surface area (Å²) in [6.07, 6.45) is 4.94. The highest BCUT2D eigenvalue weighted by Crippen LogP contribution is 2.29. The van der Waals surface area contributed by atoms with Gasteiger partial charge in [0.1, 0.15) is 11.9 Å². The Kier molecular flexibility index (Phi) is 10.9. The lowest BCUT2D eigenvalue weighted by Gasteiger charge is -2.33. The van der Waals surface area contributed by atoms with E-state index in [1.807, 2.05) is 0 Å². The molecule has 4 N–H and O–H groups in total. The lowest BCUT2D eigenvalue weighted by molar-refractivity contribution is -0.170. The third-order valence-electron chi connectivity index (χ3n) is 7.19. The average molecular weight is 544 g/mol. The fourth-order valence-corrected chi connectivity index (χ4v) is 5.17. The van der Waals surface area contributed by atoms with Crippen molar-refractivity contribution in [1.29, 1.82) is 0 Å². The predicted molar refractivity (Wildman–Crippen MR) is 131 cm³/mol. The molecule has 212 valence electrons. The number of carbonyl (C=O) groups excluding carboxylic acids is 2. The molecule has 0 aromatic heterocycles. The highest BCUT2D eigenvalue weighted by Gasteiger charge is 2.37. The van der Waals surface area contributed by atoms with Gasteiger partial charge in [0.25, 0.3) is 5.91 Å². The van der Waals surface area contributed by atoms with Gasteiger partial charge in [0.05, 0.1) is 19.3 Å². The van der Waals surface area contributed by atoms with Crippen LogP contribution in [0.4, 0.5) is 13.2 Å². The Morgan fingerprint density at radius 3 is 2.50 bits per heavy atom. The molecule has 2 fully saturated rings. The zero-order chi connectivity index (χ0) is 27.8. The van der Waals surface area contributed by atoms with Crippen LogP contribution in [0.15, 0.2) is 12.1 Å². The zero-order valence-corrected chi connectivity index (χ0v) is 21.5. The van der Waals surface area contributed by atoms with Crippen LogP contribution in [0.2, 0.25) is 0 Å². The normalized spacial score (nSPS) is 24.0. The molecule has 1 aromatic carbocycles. The van der Waals surface area contributed by atoms with Crippen molar-refractivity contribution < 1.29 is 42.1 Å². The first-order chi connectivity index (χ1) is 18.1. The number of nitrogens with two attached hydrogens (primary N) is 1. The first-order valence-electron chi connectivity index (χ1n) is 12.9. The largest absolute Gasteiger partial charge is 0.481 e. The molecule has 2 amide bonds. The number of nitrogens with one attached hydrogen (secondary N) is 1. The summed E-state index contributed by atoms with van der Waals surface area (Å²) in [6.45, 7) is 0.533. The molecule has 1 aliphatic carbocycles. The van der Waals surface area contributed by atoms with Gasteiger partial charge in [-0.15, -0.1) is 0 Å². The molecule has 3 aliphatic rings. The minimum atomic E-state index is -2.63. The van der Waals surface area contributed by atoms with E-state index in [4.69, 9.17) is 15.6 Å². The topological polar surface area (TPSA) is 131 Å². The fraction of sp³-hybridized carbons (Fsp3) is 0.654. The number of primary amides is 1. The van der Waals surface area contributed by atoms with Crippen molar-refractivity contribution in [2.45, 2.75) is 95.7 Å². The van der Waals surface area contributed by atoms with Gasteiger partial charge in [-0.05, 0) is 63.5 Å². The molecule has 0 radical (unpaired) electrons. The van der Waals surface area contributed by atoms with E-state index < -0.39 is 36.3 Å². The summed E-state index contributed by atoms with van der Waals surface area (Å²) < 4.78 is 48.1. The summed E-state index contributed by atoms with van der Waals surface area (Å²) in [6, 6.07) is 2.83. The van der Waals surface area contributed by atoms with Gasteiger partial charge < -0.3 is 30.5 Å². The second-order valence-electron chi connectivity index (χ2n) is 9.96. The number of ether oxygens (including phenoxy) is 2. The SMILES string of the molecule is Cc1ccc2c(c1F)CN(C(CCC(=O)O)C(N)=O)C2=O.FC(F)OC1CCC(NC2CCCOC2)CC1. The molecule has 2 heterocycles. The molecule has 0 spiro atoms. The summed E-state index contributed by atoms with van der Waals surface area (Å²) >= 11 is 0. The van der Waals surface area contributed by atoms with Gasteiger partial charge in [-0.3, -0.25) is 14.4 Å². The Hall–Kier alpha value is -2.70. The number of halogens is 3. The molecular formula is C26H36F3N3O6. The number of aryl methyl sites for hydroxylation is 1. The molecule has 2 unspecified atom stereocenters. The highest BCUT2D eigenvalue weighted by atomic mass is 19.3. The van der Waals surface area contributed by atoms with E-state index in [1.165, 1.54) is 12.1 Å². The standard InChI is InChI=1S/C14H15FN2O4.C12H21F2NO2/c1-7-2-3-8-9(12(7)15)6-17(14(8)21)10(13(16)20)4-5-11(18)19;13-12(14)17-11-5-3-9(4-6-11)15-10-2-1-7-16-8-10/h2-3,10H,4-6H2,1H3,(H2,16,20)(H,18,19);9-12,15H,1-8H2. The predicted octanol–water partition coefficient (Wildman–Crippen LogP) is 3.11. The maximum atomic E-state index is 14.0. The molecule has 4 rings (SSSR count). The summed E-state index contributed by atoms with van der Waals surface area (Å²) in [7, 11) is 0. The van der Waals surface area contributed by atoms with Gasteiger partial charge in [-0.1, -0.05) is 6.07 Å². The van der Waals surface area contributed by atoms with Gasteiger partial charge in [0.2, 0.25) is 5.91 Å². The number of hydrogen-bond acceptors (Lipinski definition) is 6. The molecule has 1 saturated carbocycles. The number of rotatable bonds is 9. The third-order valence-corrected chi connectivity index (χ3v) is 7.19. The van der Waals surface area contributed by atoms with Crippen molar-refractivity contribution in [3.05, 3.63) is 34.6 Å². The Balaban J connectivity index is 0.000000215. The van der Waals surface area contributed by atoms with Gasteiger partial charge in [-0.25, -0.2) is 4.39 Å². The van der Waals surface area contributed by atoms with E-state index in [9.17, 15) is 27.6 Å². The van der Waals surface area contributed by atoms with Crippen molar-refractivity contribution in [3.63, 3.8) is 0 Å². The van der Waals surface area contributed by atoms with Crippen molar-refractivity contribution in [2.75, 3.05) is 13.2 Å². The van der Waals surface area contributed by atoms with Crippen LogP contribution >= 0.6 is 0 Å². The maximum absolute atomic E-state index is 14.0. The first kappa shape index (κ1) is 29.9. The lowest BCUT2D eigenvalue weighted by atomic mass is 9.92. The number of hydrogen-bond donors (Lipinski definition) is 3. The van der Waals surface area contributed by atoms with Crippen molar-refractivity contribution in [1.82, 2.24) is 10.2 Å². The van der Waals surface area contributed by atoms with Crippen LogP contribution in [0.3, 0.4) is 0 Å². The highest BCUT2D eigenvalue weighted by molar-refractivity contribution is 6.01. The molecule has 1 aromatic rings. The van der Waals surface area contributed by atoms with E-state index in [2.05, 4.69) is 10.1 Å². The van der Waals surface area contributed by atoms with Crippen LogP contribution in [0.1, 0.15) is 72.9 Å². The van der Waals surface area contributed by atoms with Gasteiger partial charge >= 0.3 is 12.6 Å². The smallest absolute Gasteiger partial charge is 0.345 e. The lowest BCUT2D eigenvalue weighted by Crippen LogP contribution is -2.45. The second kappa shape index (κ2) is 13.9. The number of carbonyl (C=O) groups is 3. The van der Waals surface area contributed by atoms with Crippen LogP contribution in [-0.2, 0) is 25.6 Å². The quantitative estimate of drug-likeness (QED) is 0.436. The summed E-state index contributed by atoms with van der Waals surface area (Å²) in [5, 5.41) is 12.3. The van der Waals surface area contributed by atoms with E-state index in [1.54, 1.807) is 6.92 Å². The molecular weight excluding hydrogens is 507 g/mol. The minimum absolute atomic E-state index is 0.0745. The Morgan fingerprint density at radius 2 is 1.92 bits per heavy atom. The number of alkyl halides is 2. The van der Waals surface area contributed by atoms with Crippen molar-refractivity contribution in [3.8, 4) is 0 Å². The van der Waals surface area contributed by atoms with Gasteiger partial charge in [0.15, 0.2) is 0 Å². The fourth-order valence-electron chi connectivity index (χ4n) is 5.17. The summed E-state index contributed by atoms with van der Waals surface area (Å²) in [5.74, 6) is -2.87. The Morgan fingerprint density at radius 1 is 1.21 bits per heavy atom. The number of nitrogens with zero attached hydrogens (tertiary/aromatic N) is 1. The van der Waals surface area contributed by atoms with Crippen LogP contribution in [-0.4, -0.2) is 71.8 Å². The van der Waals surface area contributed by atoms with Crippen molar-refractivity contribution in [2.24, 2.45) is 5.73 Å². The monoisotopic (exact) mass is 543 g/mol. The first-order valence-corrected chi connectivity index (χ1v) is 12.9. The van der Waals surface area contributed by atoms with Crippen LogP contribution in [0.5, 0.6) is 0 Å². The van der Waals surface area contributed by atoms with Crippen molar-refractivity contribution >= 4 is 17.8 Å². The molecule has 1 saturated heterocycles. The van der Waals surface area contributed by atoms with E-state index in [0.717, 1.165) is 56.6 Å². The molecule has 2 aliphatic heterocycles. The average Bonchev–Trinajstić information content (AvgIpc) is 3.20. The van der Waals surface area contributed by atoms with E-state index in [-0.39, 0.29) is 36.6 Å². The number of amides is 2. The Bertz CT molecular complexity index is 981. The van der Waals surface area contributed by atoms with Crippen LogP contribution in [0.25, 0.3) is 0 Å². The molecule has 9 nitrogen and oxygen atoms in total. The van der Waals surface area contributed by atoms with Crippen LogP contribution in [0, 0.1) is 12.7 Å². The zero-order valence-electron chi connectivity index (χ0n) is 21.5. The number of aliphatic carboxylic acids is 1. The summed E-state index contributed by atoms with van der Waals surface area (Å²) in [4.78, 5) is 35.5.